The van der Waals surface area contributed by atoms with Crippen molar-refractivity contribution in [2.75, 3.05) is 0 Å². The van der Waals surface area contributed by atoms with Crippen molar-refractivity contribution in [2.24, 2.45) is 28.6 Å². The van der Waals surface area contributed by atoms with E-state index in [2.05, 4.69) is 20.8 Å². The summed E-state index contributed by atoms with van der Waals surface area (Å²) in [6, 6.07) is 0. The summed E-state index contributed by atoms with van der Waals surface area (Å²) in [5.41, 5.74) is 1.82. The number of carbonyl (C=O) groups is 2. The van der Waals surface area contributed by atoms with Gasteiger partial charge in [0.15, 0.2) is 5.78 Å². The van der Waals surface area contributed by atoms with Gasteiger partial charge in [0.05, 0.1) is 0 Å². The van der Waals surface area contributed by atoms with E-state index >= 15 is 0 Å². The van der Waals surface area contributed by atoms with Crippen LogP contribution in [0.4, 0.5) is 0 Å². The van der Waals surface area contributed by atoms with Crippen LogP contribution in [0.15, 0.2) is 11.6 Å². The molecular weight excluding hydrogens is 360 g/mol. The molecule has 0 aromatic rings. The molecule has 4 aliphatic carbocycles. The molecule has 0 radical (unpaired) electrons. The van der Waals surface area contributed by atoms with Crippen LogP contribution in [0.25, 0.3) is 0 Å². The van der Waals surface area contributed by atoms with Gasteiger partial charge < -0.3 is 4.74 Å². The minimum absolute atomic E-state index is 0.0294. The van der Waals surface area contributed by atoms with Crippen LogP contribution in [0.5, 0.6) is 0 Å². The molecule has 0 aromatic heterocycles. The van der Waals surface area contributed by atoms with Crippen molar-refractivity contribution in [3.8, 4) is 0 Å². The van der Waals surface area contributed by atoms with Crippen molar-refractivity contribution in [2.45, 2.75) is 110 Å². The molecule has 0 N–H and O–H groups in total. The first-order valence-corrected chi connectivity index (χ1v) is 12.3. The lowest BCUT2D eigenvalue weighted by atomic mass is 9.47. The summed E-state index contributed by atoms with van der Waals surface area (Å²) in [5.74, 6) is 2.48. The van der Waals surface area contributed by atoms with Gasteiger partial charge in [-0.3, -0.25) is 9.59 Å². The molecule has 29 heavy (non-hydrogen) atoms. The molecule has 162 valence electrons. The molecule has 0 saturated heterocycles. The number of allylic oxidation sites excluding steroid dienone is 1. The third-order valence-corrected chi connectivity index (χ3v) is 9.38. The number of hydrogen-bond donors (Lipinski definition) is 0. The highest BCUT2D eigenvalue weighted by Gasteiger charge is 2.59. The van der Waals surface area contributed by atoms with Crippen molar-refractivity contribution in [1.29, 1.82) is 0 Å². The van der Waals surface area contributed by atoms with Crippen molar-refractivity contribution in [1.82, 2.24) is 0 Å². The lowest BCUT2D eigenvalue weighted by Gasteiger charge is -2.57. The largest absolute Gasteiger partial charge is 0.462 e. The summed E-state index contributed by atoms with van der Waals surface area (Å²) in [5, 5.41) is 0. The summed E-state index contributed by atoms with van der Waals surface area (Å²) < 4.78 is 6.09. The van der Waals surface area contributed by atoms with Gasteiger partial charge in [-0.2, -0.15) is 0 Å². The molecule has 0 heterocycles. The van der Waals surface area contributed by atoms with E-state index in [9.17, 15) is 9.59 Å². The van der Waals surface area contributed by atoms with Gasteiger partial charge >= 0.3 is 5.97 Å². The summed E-state index contributed by atoms with van der Waals surface area (Å²) in [4.78, 5) is 24.5. The van der Waals surface area contributed by atoms with Crippen LogP contribution in [-0.2, 0) is 14.3 Å². The fourth-order valence-electron chi connectivity index (χ4n) is 7.62. The van der Waals surface area contributed by atoms with Crippen LogP contribution in [0.2, 0.25) is 0 Å². The van der Waals surface area contributed by atoms with Gasteiger partial charge in [-0.1, -0.05) is 45.6 Å². The van der Waals surface area contributed by atoms with E-state index in [4.69, 9.17) is 4.74 Å². The lowest BCUT2D eigenvalue weighted by Crippen LogP contribution is -2.51. The zero-order valence-electron chi connectivity index (χ0n) is 18.8. The number of esters is 1. The summed E-state index contributed by atoms with van der Waals surface area (Å²) in [6.07, 6.45) is 15.9. The first-order valence-electron chi connectivity index (χ1n) is 12.3. The highest BCUT2D eigenvalue weighted by molar-refractivity contribution is 5.91. The van der Waals surface area contributed by atoms with Crippen LogP contribution in [0.3, 0.4) is 0 Å². The third kappa shape index (κ3) is 3.72. The highest BCUT2D eigenvalue weighted by atomic mass is 16.5. The molecule has 4 rings (SSSR count). The lowest BCUT2D eigenvalue weighted by molar-refractivity contribution is -0.160. The van der Waals surface area contributed by atoms with Gasteiger partial charge in [0.2, 0.25) is 0 Å². The number of unbranched alkanes of at least 4 members (excludes halogenated alkanes) is 3. The van der Waals surface area contributed by atoms with Crippen LogP contribution in [0, 0.1) is 28.6 Å². The maximum atomic E-state index is 12.5. The zero-order valence-corrected chi connectivity index (χ0v) is 18.8. The maximum absolute atomic E-state index is 12.5. The van der Waals surface area contributed by atoms with E-state index in [1.807, 2.05) is 6.08 Å². The van der Waals surface area contributed by atoms with E-state index in [0.29, 0.717) is 24.0 Å². The Morgan fingerprint density at radius 3 is 2.66 bits per heavy atom. The smallest absolute Gasteiger partial charge is 0.306 e. The number of ketones is 1. The molecule has 3 nitrogen and oxygen atoms in total. The van der Waals surface area contributed by atoms with E-state index in [-0.39, 0.29) is 22.9 Å². The first kappa shape index (κ1) is 21.1. The van der Waals surface area contributed by atoms with Crippen LogP contribution >= 0.6 is 0 Å². The Morgan fingerprint density at radius 2 is 1.86 bits per heavy atom. The first-order chi connectivity index (χ1) is 13.9. The van der Waals surface area contributed by atoms with Crippen LogP contribution in [0.1, 0.15) is 104 Å². The predicted molar refractivity (Wildman–Crippen MR) is 115 cm³/mol. The number of rotatable bonds is 6. The van der Waals surface area contributed by atoms with E-state index in [0.717, 1.165) is 44.4 Å². The second-order valence-electron chi connectivity index (χ2n) is 10.9. The Balaban J connectivity index is 1.43. The molecular formula is C26H40O3. The van der Waals surface area contributed by atoms with E-state index < -0.39 is 0 Å². The quantitative estimate of drug-likeness (QED) is 0.383. The van der Waals surface area contributed by atoms with Gasteiger partial charge in [-0.15, -0.1) is 0 Å². The average molecular weight is 401 g/mol. The van der Waals surface area contributed by atoms with Gasteiger partial charge in [0, 0.05) is 18.3 Å². The molecule has 0 bridgehead atoms. The number of carbonyl (C=O) groups excluding carboxylic acids is 2. The molecule has 6 atom stereocenters. The SMILES string of the molecule is CCCCCCC(=O)O[C@H]1CC[C@@H]2[C@H]3CCC4=CC(=O)CC[C@]4(C)[C@H]3CC[C@]12C. The molecule has 0 aromatic carbocycles. The molecule has 0 unspecified atom stereocenters. The van der Waals surface area contributed by atoms with Crippen LogP contribution in [-0.4, -0.2) is 17.9 Å². The fourth-order valence-corrected chi connectivity index (χ4v) is 7.62. The van der Waals surface area contributed by atoms with Crippen molar-refractivity contribution in [3.05, 3.63) is 11.6 Å². The monoisotopic (exact) mass is 400 g/mol. The molecule has 3 saturated carbocycles. The van der Waals surface area contributed by atoms with E-state index in [1.165, 1.54) is 44.1 Å². The number of ether oxygens (including phenoxy) is 1. The minimum atomic E-state index is 0.0294. The molecule has 4 aliphatic rings. The standard InChI is InChI=1S/C26H40O3/c1-4-5-6-7-8-24(28)29-23-12-11-21-20-10-9-18-17-19(27)13-15-25(18,2)22(20)14-16-26(21,23)3/h17,20-23H,4-16H2,1-3H3/t20-,21-,22+,23+,25+,26+/m1/s1. The van der Waals surface area contributed by atoms with E-state index in [1.54, 1.807) is 0 Å². The molecule has 0 spiro atoms. The number of hydrogen-bond acceptors (Lipinski definition) is 3. The van der Waals surface area contributed by atoms with Gasteiger partial charge in [-0.25, -0.2) is 0 Å². The molecule has 0 amide bonds. The highest BCUT2D eigenvalue weighted by Crippen LogP contribution is 2.65. The van der Waals surface area contributed by atoms with Gasteiger partial charge in [0.1, 0.15) is 6.10 Å². The summed E-state index contributed by atoms with van der Waals surface area (Å²) in [6.45, 7) is 7.05. The topological polar surface area (TPSA) is 43.4 Å². The minimum Gasteiger partial charge on any atom is -0.462 e. The third-order valence-electron chi connectivity index (χ3n) is 9.38. The van der Waals surface area contributed by atoms with Crippen molar-refractivity contribution in [3.63, 3.8) is 0 Å². The fraction of sp³-hybridized carbons (Fsp3) is 0.846. The Labute approximate surface area is 177 Å². The second-order valence-corrected chi connectivity index (χ2v) is 10.9. The van der Waals surface area contributed by atoms with Crippen LogP contribution < -0.4 is 0 Å². The van der Waals surface area contributed by atoms with Crippen molar-refractivity contribution < 1.29 is 14.3 Å². The Hall–Kier alpha value is -1.12. The second kappa shape index (κ2) is 8.19. The average Bonchev–Trinajstić information content (AvgIpc) is 3.02. The predicted octanol–water partition coefficient (Wildman–Crippen LogP) is 6.40. The van der Waals surface area contributed by atoms with Gasteiger partial charge in [0.25, 0.3) is 0 Å². The van der Waals surface area contributed by atoms with Gasteiger partial charge in [-0.05, 0) is 80.6 Å². The Morgan fingerprint density at radius 1 is 1.03 bits per heavy atom. The Kier molecular flexibility index (Phi) is 5.97. The molecule has 3 heteroatoms. The molecule has 0 aliphatic heterocycles. The maximum Gasteiger partial charge on any atom is 0.306 e. The van der Waals surface area contributed by atoms with Crippen molar-refractivity contribution >= 4 is 11.8 Å². The Bertz CT molecular complexity index is 679. The summed E-state index contributed by atoms with van der Waals surface area (Å²) in [7, 11) is 0. The molecule has 3 fully saturated rings. The summed E-state index contributed by atoms with van der Waals surface area (Å²) >= 11 is 0. The normalized spacial score (nSPS) is 41.2. The zero-order chi connectivity index (χ0) is 20.6. The number of fused-ring (bicyclic) bond motifs is 5.